The summed E-state index contributed by atoms with van der Waals surface area (Å²) in [7, 11) is 0. The molecule has 1 atom stereocenters. The number of hydrogen-bond acceptors (Lipinski definition) is 5. The van der Waals surface area contributed by atoms with Crippen molar-refractivity contribution in [3.8, 4) is 17.1 Å². The van der Waals surface area contributed by atoms with Gasteiger partial charge in [-0.3, -0.25) is 0 Å². The van der Waals surface area contributed by atoms with E-state index >= 15 is 0 Å². The third kappa shape index (κ3) is 4.00. The van der Waals surface area contributed by atoms with Crippen molar-refractivity contribution in [1.29, 1.82) is 0 Å². The molecular weight excluding hydrogens is 316 g/mol. The third-order valence-electron chi connectivity index (χ3n) is 3.87. The van der Waals surface area contributed by atoms with Gasteiger partial charge in [0.2, 0.25) is 5.89 Å². The zero-order chi connectivity index (χ0) is 17.6. The number of aliphatic hydroxyl groups excluding tert-OH is 1. The number of nitrogens with zero attached hydrogens (tertiary/aromatic N) is 1. The van der Waals surface area contributed by atoms with Crippen LogP contribution in [-0.2, 0) is 6.61 Å². The van der Waals surface area contributed by atoms with E-state index < -0.39 is 0 Å². The number of hydrogen-bond donors (Lipinski definition) is 2. The number of benzene rings is 2. The maximum Gasteiger partial charge on any atom is 0.217 e. The lowest BCUT2D eigenvalue weighted by Gasteiger charge is -2.15. The van der Waals surface area contributed by atoms with Crippen LogP contribution >= 0.6 is 0 Å². The Morgan fingerprint density at radius 2 is 2.00 bits per heavy atom. The second-order valence-corrected chi connectivity index (χ2v) is 5.71. The first-order valence-corrected chi connectivity index (χ1v) is 8.35. The monoisotopic (exact) mass is 338 g/mol. The molecule has 1 heterocycles. The van der Waals surface area contributed by atoms with E-state index in [1.54, 1.807) is 6.20 Å². The summed E-state index contributed by atoms with van der Waals surface area (Å²) >= 11 is 0. The van der Waals surface area contributed by atoms with Crippen LogP contribution in [0.4, 0.5) is 5.69 Å². The number of nitrogens with one attached hydrogen (secondary N) is 1. The van der Waals surface area contributed by atoms with Gasteiger partial charge in [-0.05, 0) is 32.0 Å². The smallest absolute Gasteiger partial charge is 0.217 e. The normalized spacial score (nSPS) is 12.0. The SMILES string of the molecule is CCOc1ccc(N[C@@H](C)c2ncc(-c3ccccc3)o2)cc1CO. The Balaban J connectivity index is 1.74. The summed E-state index contributed by atoms with van der Waals surface area (Å²) in [6, 6.07) is 15.4. The quantitative estimate of drug-likeness (QED) is 0.668. The Bertz CT molecular complexity index is 815. The van der Waals surface area contributed by atoms with Crippen molar-refractivity contribution in [3.63, 3.8) is 0 Å². The van der Waals surface area contributed by atoms with Crippen LogP contribution in [0.1, 0.15) is 31.3 Å². The van der Waals surface area contributed by atoms with Crippen LogP contribution in [-0.4, -0.2) is 16.7 Å². The number of anilines is 1. The Hall–Kier alpha value is -2.79. The van der Waals surface area contributed by atoms with Crippen molar-refractivity contribution in [1.82, 2.24) is 4.98 Å². The van der Waals surface area contributed by atoms with Crippen LogP contribution in [0.15, 0.2) is 59.1 Å². The van der Waals surface area contributed by atoms with Gasteiger partial charge in [-0.2, -0.15) is 0 Å². The van der Waals surface area contributed by atoms with Crippen LogP contribution in [0.3, 0.4) is 0 Å². The molecule has 0 bridgehead atoms. The highest BCUT2D eigenvalue weighted by molar-refractivity contribution is 5.56. The van der Waals surface area contributed by atoms with Crippen LogP contribution in [0.25, 0.3) is 11.3 Å². The molecule has 0 radical (unpaired) electrons. The van der Waals surface area contributed by atoms with Gasteiger partial charge in [-0.1, -0.05) is 30.3 Å². The summed E-state index contributed by atoms with van der Waals surface area (Å²) in [6.07, 6.45) is 1.74. The van der Waals surface area contributed by atoms with E-state index in [2.05, 4.69) is 10.3 Å². The number of aromatic nitrogens is 1. The number of ether oxygens (including phenoxy) is 1. The van der Waals surface area contributed by atoms with Crippen molar-refractivity contribution in [3.05, 3.63) is 66.2 Å². The molecule has 0 saturated carbocycles. The highest BCUT2D eigenvalue weighted by atomic mass is 16.5. The second kappa shape index (κ2) is 7.85. The highest BCUT2D eigenvalue weighted by Crippen LogP contribution is 2.27. The molecular formula is C20H22N2O3. The van der Waals surface area contributed by atoms with Crippen LogP contribution in [0.2, 0.25) is 0 Å². The molecule has 0 aliphatic rings. The van der Waals surface area contributed by atoms with E-state index in [1.165, 1.54) is 0 Å². The van der Waals surface area contributed by atoms with Gasteiger partial charge in [0.15, 0.2) is 5.76 Å². The van der Waals surface area contributed by atoms with Gasteiger partial charge < -0.3 is 19.6 Å². The first-order valence-electron chi connectivity index (χ1n) is 8.35. The summed E-state index contributed by atoms with van der Waals surface area (Å²) < 4.78 is 11.4. The van der Waals surface area contributed by atoms with E-state index in [9.17, 15) is 5.11 Å². The maximum atomic E-state index is 9.51. The largest absolute Gasteiger partial charge is 0.494 e. The Kier molecular flexibility index (Phi) is 5.36. The fraction of sp³-hybridized carbons (Fsp3) is 0.250. The zero-order valence-corrected chi connectivity index (χ0v) is 14.4. The molecule has 3 aromatic rings. The molecule has 0 amide bonds. The molecule has 0 aliphatic carbocycles. The number of oxazole rings is 1. The average Bonchev–Trinajstić information content (AvgIpc) is 3.14. The topological polar surface area (TPSA) is 67.5 Å². The number of aliphatic hydroxyl groups is 1. The standard InChI is InChI=1S/C20H22N2O3/c1-3-24-18-10-9-17(11-16(18)13-23)22-14(2)20-21-12-19(25-20)15-7-5-4-6-8-15/h4-12,14,22-23H,3,13H2,1-2H3/t14-/m0/s1. The predicted molar refractivity (Wildman–Crippen MR) is 97.5 cm³/mol. The molecule has 1 aromatic heterocycles. The molecule has 5 nitrogen and oxygen atoms in total. The van der Waals surface area contributed by atoms with E-state index in [-0.39, 0.29) is 12.6 Å². The molecule has 0 aliphatic heterocycles. The van der Waals surface area contributed by atoms with E-state index in [0.29, 0.717) is 18.2 Å². The molecule has 0 saturated heterocycles. The lowest BCUT2D eigenvalue weighted by atomic mass is 10.1. The van der Waals surface area contributed by atoms with Gasteiger partial charge in [-0.15, -0.1) is 0 Å². The fourth-order valence-electron chi connectivity index (χ4n) is 2.62. The van der Waals surface area contributed by atoms with Crippen molar-refractivity contribution in [2.24, 2.45) is 0 Å². The van der Waals surface area contributed by atoms with Crippen LogP contribution in [0, 0.1) is 0 Å². The minimum absolute atomic E-state index is 0.0730. The van der Waals surface area contributed by atoms with Gasteiger partial charge in [-0.25, -0.2) is 4.98 Å². The minimum Gasteiger partial charge on any atom is -0.494 e. The van der Waals surface area contributed by atoms with Crippen molar-refractivity contribution >= 4 is 5.69 Å². The summed E-state index contributed by atoms with van der Waals surface area (Å²) in [5.74, 6) is 2.05. The Morgan fingerprint density at radius 1 is 1.20 bits per heavy atom. The highest BCUT2D eigenvalue weighted by Gasteiger charge is 2.14. The van der Waals surface area contributed by atoms with Gasteiger partial charge in [0.1, 0.15) is 11.8 Å². The van der Waals surface area contributed by atoms with Gasteiger partial charge in [0.25, 0.3) is 0 Å². The third-order valence-corrected chi connectivity index (χ3v) is 3.87. The molecule has 5 heteroatoms. The molecule has 2 N–H and O–H groups in total. The summed E-state index contributed by atoms with van der Waals surface area (Å²) in [4.78, 5) is 4.37. The molecule has 25 heavy (non-hydrogen) atoms. The van der Waals surface area contributed by atoms with Crippen molar-refractivity contribution < 1.29 is 14.3 Å². The van der Waals surface area contributed by atoms with Crippen molar-refractivity contribution in [2.75, 3.05) is 11.9 Å². The molecule has 0 unspecified atom stereocenters. The summed E-state index contributed by atoms with van der Waals surface area (Å²) in [6.45, 7) is 4.39. The predicted octanol–water partition coefficient (Wildman–Crippen LogP) is 4.41. The van der Waals surface area contributed by atoms with Gasteiger partial charge in [0.05, 0.1) is 19.4 Å². The van der Waals surface area contributed by atoms with E-state index in [0.717, 1.165) is 22.6 Å². The van der Waals surface area contributed by atoms with Crippen LogP contribution in [0.5, 0.6) is 5.75 Å². The fourth-order valence-corrected chi connectivity index (χ4v) is 2.62. The lowest BCUT2D eigenvalue weighted by Crippen LogP contribution is -2.07. The summed E-state index contributed by atoms with van der Waals surface area (Å²) in [5.41, 5.74) is 2.62. The molecule has 2 aromatic carbocycles. The zero-order valence-electron chi connectivity index (χ0n) is 14.4. The Morgan fingerprint density at radius 3 is 2.72 bits per heavy atom. The van der Waals surface area contributed by atoms with Crippen LogP contribution < -0.4 is 10.1 Å². The maximum absolute atomic E-state index is 9.51. The minimum atomic E-state index is -0.109. The molecule has 0 fully saturated rings. The summed E-state index contributed by atoms with van der Waals surface area (Å²) in [5, 5.41) is 12.9. The molecule has 0 spiro atoms. The lowest BCUT2D eigenvalue weighted by molar-refractivity contribution is 0.267. The first kappa shape index (κ1) is 17.0. The second-order valence-electron chi connectivity index (χ2n) is 5.71. The van der Waals surface area contributed by atoms with Crippen molar-refractivity contribution in [2.45, 2.75) is 26.5 Å². The van der Waals surface area contributed by atoms with Gasteiger partial charge in [0, 0.05) is 16.8 Å². The molecule has 130 valence electrons. The average molecular weight is 338 g/mol. The Labute approximate surface area is 147 Å². The van der Waals surface area contributed by atoms with E-state index in [1.807, 2.05) is 62.4 Å². The van der Waals surface area contributed by atoms with E-state index in [4.69, 9.17) is 9.15 Å². The molecule has 3 rings (SSSR count). The number of rotatable bonds is 7. The van der Waals surface area contributed by atoms with Gasteiger partial charge >= 0.3 is 0 Å². The first-order chi connectivity index (χ1) is 12.2.